The monoisotopic (exact) mass is 295 g/mol. The van der Waals surface area contributed by atoms with Crippen molar-refractivity contribution in [3.8, 4) is 11.5 Å². The Morgan fingerprint density at radius 2 is 1.71 bits per heavy atom. The summed E-state index contributed by atoms with van der Waals surface area (Å²) >= 11 is 0. The van der Waals surface area contributed by atoms with E-state index < -0.39 is 0 Å². The first-order valence-corrected chi connectivity index (χ1v) is 6.96. The standard InChI is InChI=1S/C16H25NO4/c1-16(2,3)17(4)10-11-20-15(18)12-21-14-8-6-13(19-5)7-9-14/h6-9H,10-12H2,1-5H3. The van der Waals surface area contributed by atoms with Gasteiger partial charge in [-0.3, -0.25) is 4.90 Å². The van der Waals surface area contributed by atoms with E-state index in [-0.39, 0.29) is 18.1 Å². The van der Waals surface area contributed by atoms with Crippen molar-refractivity contribution in [2.24, 2.45) is 0 Å². The van der Waals surface area contributed by atoms with Crippen LogP contribution >= 0.6 is 0 Å². The Morgan fingerprint density at radius 3 is 2.24 bits per heavy atom. The predicted octanol–water partition coefficient (Wildman–Crippen LogP) is 2.35. The molecule has 0 fully saturated rings. The van der Waals surface area contributed by atoms with Crippen LogP contribution in [0.4, 0.5) is 0 Å². The van der Waals surface area contributed by atoms with Crippen LogP contribution in [0.3, 0.4) is 0 Å². The number of carbonyl (C=O) groups is 1. The molecule has 0 aliphatic rings. The van der Waals surface area contributed by atoms with Gasteiger partial charge in [0.05, 0.1) is 7.11 Å². The fourth-order valence-electron chi connectivity index (χ4n) is 1.49. The molecule has 0 saturated carbocycles. The molecule has 0 spiro atoms. The van der Waals surface area contributed by atoms with Crippen molar-refractivity contribution >= 4 is 5.97 Å². The maximum absolute atomic E-state index is 11.6. The number of likely N-dealkylation sites (N-methyl/N-ethyl adjacent to an activating group) is 1. The zero-order valence-corrected chi connectivity index (χ0v) is 13.5. The molecule has 0 aromatic heterocycles. The highest BCUT2D eigenvalue weighted by Crippen LogP contribution is 2.16. The molecule has 21 heavy (non-hydrogen) atoms. The molecule has 0 bridgehead atoms. The number of esters is 1. The first kappa shape index (κ1) is 17.3. The van der Waals surface area contributed by atoms with Gasteiger partial charge in [0.1, 0.15) is 18.1 Å². The van der Waals surface area contributed by atoms with Crippen LogP contribution in [0, 0.1) is 0 Å². The number of nitrogens with zero attached hydrogens (tertiary/aromatic N) is 1. The lowest BCUT2D eigenvalue weighted by atomic mass is 10.1. The summed E-state index contributed by atoms with van der Waals surface area (Å²) in [4.78, 5) is 13.7. The molecule has 0 radical (unpaired) electrons. The largest absolute Gasteiger partial charge is 0.497 e. The lowest BCUT2D eigenvalue weighted by Gasteiger charge is -2.31. The van der Waals surface area contributed by atoms with Gasteiger partial charge in [0, 0.05) is 12.1 Å². The van der Waals surface area contributed by atoms with E-state index >= 15 is 0 Å². The van der Waals surface area contributed by atoms with E-state index in [1.807, 2.05) is 7.05 Å². The third-order valence-corrected chi connectivity index (χ3v) is 3.25. The predicted molar refractivity (Wildman–Crippen MR) is 81.8 cm³/mol. The van der Waals surface area contributed by atoms with Crippen molar-refractivity contribution in [3.05, 3.63) is 24.3 Å². The van der Waals surface area contributed by atoms with Gasteiger partial charge in [0.15, 0.2) is 6.61 Å². The summed E-state index contributed by atoms with van der Waals surface area (Å²) in [5.41, 5.74) is 0.0615. The van der Waals surface area contributed by atoms with Gasteiger partial charge in [0.2, 0.25) is 0 Å². The summed E-state index contributed by atoms with van der Waals surface area (Å²) in [6, 6.07) is 7.05. The van der Waals surface area contributed by atoms with Crippen molar-refractivity contribution in [2.75, 3.05) is 33.9 Å². The number of ether oxygens (including phenoxy) is 3. The van der Waals surface area contributed by atoms with E-state index in [9.17, 15) is 4.79 Å². The normalized spacial score (nSPS) is 11.3. The highest BCUT2D eigenvalue weighted by molar-refractivity contribution is 5.71. The van der Waals surface area contributed by atoms with Gasteiger partial charge >= 0.3 is 5.97 Å². The summed E-state index contributed by atoms with van der Waals surface area (Å²) < 4.78 is 15.5. The van der Waals surface area contributed by atoms with Crippen LogP contribution in [-0.4, -0.2) is 50.3 Å². The maximum atomic E-state index is 11.6. The molecule has 1 aromatic carbocycles. The quantitative estimate of drug-likeness (QED) is 0.723. The Labute approximate surface area is 126 Å². The van der Waals surface area contributed by atoms with Crippen LogP contribution in [0.25, 0.3) is 0 Å². The smallest absolute Gasteiger partial charge is 0.344 e. The second-order valence-corrected chi connectivity index (χ2v) is 5.78. The SMILES string of the molecule is COc1ccc(OCC(=O)OCCN(C)C(C)(C)C)cc1. The van der Waals surface area contributed by atoms with E-state index in [0.717, 1.165) is 5.75 Å². The molecule has 0 unspecified atom stereocenters. The molecule has 0 aliphatic carbocycles. The molecular weight excluding hydrogens is 270 g/mol. The second-order valence-electron chi connectivity index (χ2n) is 5.78. The van der Waals surface area contributed by atoms with E-state index in [1.54, 1.807) is 31.4 Å². The topological polar surface area (TPSA) is 48.0 Å². The molecule has 0 N–H and O–H groups in total. The van der Waals surface area contributed by atoms with E-state index in [4.69, 9.17) is 14.2 Å². The van der Waals surface area contributed by atoms with Crippen LogP contribution in [0.15, 0.2) is 24.3 Å². The van der Waals surface area contributed by atoms with E-state index in [1.165, 1.54) is 0 Å². The Kier molecular flexibility index (Phi) is 6.49. The third-order valence-electron chi connectivity index (χ3n) is 3.25. The lowest BCUT2D eigenvalue weighted by molar-refractivity contribution is -0.146. The van der Waals surface area contributed by atoms with Gasteiger partial charge in [-0.1, -0.05) is 0 Å². The third kappa shape index (κ3) is 6.49. The Bertz CT molecular complexity index is 437. The molecule has 0 atom stereocenters. The molecule has 0 aliphatic heterocycles. The summed E-state index contributed by atoms with van der Waals surface area (Å²) in [6.07, 6.45) is 0. The van der Waals surface area contributed by atoms with Gasteiger partial charge in [-0.2, -0.15) is 0 Å². The van der Waals surface area contributed by atoms with Crippen LogP contribution < -0.4 is 9.47 Å². The summed E-state index contributed by atoms with van der Waals surface area (Å²) in [5.74, 6) is 0.989. The van der Waals surface area contributed by atoms with Crippen molar-refractivity contribution in [2.45, 2.75) is 26.3 Å². The Morgan fingerprint density at radius 1 is 1.14 bits per heavy atom. The molecule has 0 amide bonds. The zero-order chi connectivity index (χ0) is 15.9. The van der Waals surface area contributed by atoms with Crippen LogP contribution in [0.1, 0.15) is 20.8 Å². The van der Waals surface area contributed by atoms with Crippen LogP contribution in [0.5, 0.6) is 11.5 Å². The molecule has 0 heterocycles. The number of rotatable bonds is 7. The van der Waals surface area contributed by atoms with Gasteiger partial charge in [-0.15, -0.1) is 0 Å². The molecule has 1 rings (SSSR count). The molecule has 5 heteroatoms. The van der Waals surface area contributed by atoms with Gasteiger partial charge in [0.25, 0.3) is 0 Å². The van der Waals surface area contributed by atoms with Gasteiger partial charge in [-0.05, 0) is 52.1 Å². The van der Waals surface area contributed by atoms with Crippen molar-refractivity contribution in [1.29, 1.82) is 0 Å². The van der Waals surface area contributed by atoms with Crippen LogP contribution in [-0.2, 0) is 9.53 Å². The van der Waals surface area contributed by atoms with Gasteiger partial charge in [-0.25, -0.2) is 4.79 Å². The highest BCUT2D eigenvalue weighted by Gasteiger charge is 2.16. The number of carbonyl (C=O) groups excluding carboxylic acids is 1. The maximum Gasteiger partial charge on any atom is 0.344 e. The summed E-state index contributed by atoms with van der Waals surface area (Å²) in [5, 5.41) is 0. The Hall–Kier alpha value is -1.75. The number of benzene rings is 1. The minimum Gasteiger partial charge on any atom is -0.497 e. The molecule has 118 valence electrons. The van der Waals surface area contributed by atoms with E-state index in [0.29, 0.717) is 18.9 Å². The van der Waals surface area contributed by atoms with Crippen LogP contribution in [0.2, 0.25) is 0 Å². The van der Waals surface area contributed by atoms with Crippen molar-refractivity contribution in [1.82, 2.24) is 4.90 Å². The first-order chi connectivity index (χ1) is 9.82. The average molecular weight is 295 g/mol. The second kappa shape index (κ2) is 7.88. The number of hydrogen-bond donors (Lipinski definition) is 0. The molecule has 1 aromatic rings. The first-order valence-electron chi connectivity index (χ1n) is 6.96. The summed E-state index contributed by atoms with van der Waals surface area (Å²) in [6.45, 7) is 7.30. The van der Waals surface area contributed by atoms with Gasteiger partial charge < -0.3 is 14.2 Å². The zero-order valence-electron chi connectivity index (χ0n) is 13.5. The minimum absolute atomic E-state index is 0.0615. The fraction of sp³-hybridized carbons (Fsp3) is 0.562. The Balaban J connectivity index is 2.25. The molecule has 5 nitrogen and oxygen atoms in total. The minimum atomic E-state index is -0.367. The van der Waals surface area contributed by atoms with E-state index in [2.05, 4.69) is 25.7 Å². The fourth-order valence-corrected chi connectivity index (χ4v) is 1.49. The average Bonchev–Trinajstić information content (AvgIpc) is 2.44. The molecule has 0 saturated heterocycles. The highest BCUT2D eigenvalue weighted by atomic mass is 16.6. The number of methoxy groups -OCH3 is 1. The van der Waals surface area contributed by atoms with Crippen molar-refractivity contribution in [3.63, 3.8) is 0 Å². The summed E-state index contributed by atoms with van der Waals surface area (Å²) in [7, 11) is 3.60. The molecular formula is C16H25NO4. The van der Waals surface area contributed by atoms with Crippen molar-refractivity contribution < 1.29 is 19.0 Å². The number of hydrogen-bond acceptors (Lipinski definition) is 5. The lowest BCUT2D eigenvalue weighted by Crippen LogP contribution is -2.40.